The van der Waals surface area contributed by atoms with Gasteiger partial charge in [-0.05, 0) is 12.5 Å². The van der Waals surface area contributed by atoms with Crippen molar-refractivity contribution in [2.75, 3.05) is 33.4 Å². The summed E-state index contributed by atoms with van der Waals surface area (Å²) in [5.74, 6) is 1.57. The summed E-state index contributed by atoms with van der Waals surface area (Å²) in [4.78, 5) is 6.83. The van der Waals surface area contributed by atoms with E-state index in [1.807, 2.05) is 18.2 Å². The highest BCUT2D eigenvalue weighted by molar-refractivity contribution is 14.0. The quantitative estimate of drug-likeness (QED) is 0.465. The summed E-state index contributed by atoms with van der Waals surface area (Å²) in [7, 11) is 1.71. The Kier molecular flexibility index (Phi) is 5.55. The third-order valence-electron chi connectivity index (χ3n) is 4.54. The number of aliphatic imine (C=N–C) groups is 1. The highest BCUT2D eigenvalue weighted by Gasteiger charge is 2.53. The zero-order valence-electron chi connectivity index (χ0n) is 13.1. The molecule has 1 heterocycles. The van der Waals surface area contributed by atoms with Crippen LogP contribution in [-0.4, -0.2) is 50.3 Å². The Bertz CT molecular complexity index is 546. The van der Waals surface area contributed by atoms with Gasteiger partial charge in [0.25, 0.3) is 0 Å². The van der Waals surface area contributed by atoms with E-state index in [-0.39, 0.29) is 35.4 Å². The first-order chi connectivity index (χ1) is 10.1. The first-order valence-corrected chi connectivity index (χ1v) is 7.44. The van der Waals surface area contributed by atoms with Crippen molar-refractivity contribution in [1.29, 1.82) is 0 Å². The van der Waals surface area contributed by atoms with Crippen LogP contribution >= 0.6 is 24.0 Å². The molecule has 1 saturated carbocycles. The van der Waals surface area contributed by atoms with Gasteiger partial charge in [-0.3, -0.25) is 0 Å². The molecule has 1 aromatic rings. The average molecular weight is 417 g/mol. The lowest BCUT2D eigenvalue weighted by Gasteiger charge is -2.27. The fourth-order valence-corrected chi connectivity index (χ4v) is 2.97. The van der Waals surface area contributed by atoms with Crippen LogP contribution in [0.2, 0.25) is 0 Å². The molecule has 1 aliphatic heterocycles. The molecule has 122 valence electrons. The molecule has 2 N–H and O–H groups in total. The van der Waals surface area contributed by atoms with Crippen molar-refractivity contribution in [3.8, 4) is 5.75 Å². The van der Waals surface area contributed by atoms with Gasteiger partial charge in [0.2, 0.25) is 0 Å². The molecule has 1 aliphatic carbocycles. The van der Waals surface area contributed by atoms with E-state index in [0.717, 1.165) is 38.5 Å². The average Bonchev–Trinajstić information content (AvgIpc) is 3.19. The Labute approximate surface area is 148 Å². The van der Waals surface area contributed by atoms with E-state index in [1.54, 1.807) is 7.11 Å². The predicted octanol–water partition coefficient (Wildman–Crippen LogP) is 1.99. The second-order valence-electron chi connectivity index (χ2n) is 5.92. The van der Waals surface area contributed by atoms with E-state index in [1.165, 1.54) is 5.56 Å². The minimum atomic E-state index is 0. The van der Waals surface area contributed by atoms with Crippen LogP contribution < -0.4 is 10.5 Å². The van der Waals surface area contributed by atoms with Gasteiger partial charge in [-0.15, -0.1) is 24.0 Å². The van der Waals surface area contributed by atoms with Gasteiger partial charge in [-0.25, -0.2) is 4.99 Å². The van der Waals surface area contributed by atoms with E-state index in [9.17, 15) is 0 Å². The first kappa shape index (κ1) is 17.3. The molecule has 1 saturated heterocycles. The van der Waals surface area contributed by atoms with Gasteiger partial charge in [0.15, 0.2) is 5.96 Å². The van der Waals surface area contributed by atoms with Gasteiger partial charge in [0.1, 0.15) is 5.75 Å². The van der Waals surface area contributed by atoms with Gasteiger partial charge in [-0.1, -0.05) is 25.1 Å². The van der Waals surface area contributed by atoms with Crippen LogP contribution in [-0.2, 0) is 10.2 Å². The van der Waals surface area contributed by atoms with Gasteiger partial charge in [0, 0.05) is 24.1 Å². The highest BCUT2D eigenvalue weighted by atomic mass is 127. The number of morpholine rings is 1. The van der Waals surface area contributed by atoms with E-state index in [2.05, 4.69) is 17.9 Å². The zero-order valence-corrected chi connectivity index (χ0v) is 15.4. The second kappa shape index (κ2) is 7.04. The lowest BCUT2D eigenvalue weighted by Crippen LogP contribution is -2.45. The highest BCUT2D eigenvalue weighted by Crippen LogP contribution is 2.53. The molecule has 2 atom stereocenters. The van der Waals surface area contributed by atoms with Crippen LogP contribution in [0.15, 0.2) is 29.3 Å². The molecule has 2 unspecified atom stereocenters. The predicted molar refractivity (Wildman–Crippen MR) is 98.2 cm³/mol. The van der Waals surface area contributed by atoms with Crippen molar-refractivity contribution in [3.05, 3.63) is 29.8 Å². The minimum absolute atomic E-state index is 0. The smallest absolute Gasteiger partial charge is 0.191 e. The number of hydrogen-bond donors (Lipinski definition) is 1. The molecule has 0 bridgehead atoms. The number of benzene rings is 1. The Balaban J connectivity index is 0.00000176. The standard InChI is InChI=1S/C16H23N3O2.HI/c1-16(12-5-3-4-6-13(12)20-2)11-14(16)18-15(17)19-7-9-21-10-8-19;/h3-6,14H,7-11H2,1-2H3,(H2,17,18);1H. The van der Waals surface area contributed by atoms with Gasteiger partial charge in [-0.2, -0.15) is 0 Å². The Morgan fingerprint density at radius 2 is 2.05 bits per heavy atom. The summed E-state index contributed by atoms with van der Waals surface area (Å²) in [6.07, 6.45) is 1.01. The number of halogens is 1. The number of rotatable bonds is 3. The number of guanidine groups is 1. The number of nitrogens with two attached hydrogens (primary N) is 1. The summed E-state index contributed by atoms with van der Waals surface area (Å²) in [5, 5.41) is 0. The number of hydrogen-bond acceptors (Lipinski definition) is 3. The summed E-state index contributed by atoms with van der Waals surface area (Å²) in [6.45, 7) is 5.34. The van der Waals surface area contributed by atoms with Crippen LogP contribution in [0.3, 0.4) is 0 Å². The minimum Gasteiger partial charge on any atom is -0.496 e. The largest absolute Gasteiger partial charge is 0.496 e. The van der Waals surface area contributed by atoms with Crippen molar-refractivity contribution in [2.45, 2.75) is 24.8 Å². The topological polar surface area (TPSA) is 60.1 Å². The molecule has 0 spiro atoms. The van der Waals surface area contributed by atoms with Crippen LogP contribution in [0.5, 0.6) is 5.75 Å². The third kappa shape index (κ3) is 3.32. The Morgan fingerprint density at radius 1 is 1.36 bits per heavy atom. The summed E-state index contributed by atoms with van der Waals surface area (Å²) < 4.78 is 10.8. The maximum atomic E-state index is 6.15. The van der Waals surface area contributed by atoms with Gasteiger partial charge >= 0.3 is 0 Å². The van der Waals surface area contributed by atoms with Gasteiger partial charge < -0.3 is 20.1 Å². The molecule has 5 nitrogen and oxygen atoms in total. The molecule has 2 aliphatic rings. The Morgan fingerprint density at radius 3 is 2.73 bits per heavy atom. The van der Waals surface area contributed by atoms with E-state index >= 15 is 0 Å². The summed E-state index contributed by atoms with van der Waals surface area (Å²) >= 11 is 0. The molecule has 6 heteroatoms. The zero-order chi connectivity index (χ0) is 14.9. The first-order valence-electron chi connectivity index (χ1n) is 7.44. The summed E-state index contributed by atoms with van der Waals surface area (Å²) in [5.41, 5.74) is 7.40. The monoisotopic (exact) mass is 417 g/mol. The van der Waals surface area contributed by atoms with Gasteiger partial charge in [0.05, 0.1) is 26.4 Å². The van der Waals surface area contributed by atoms with E-state index < -0.39 is 0 Å². The lowest BCUT2D eigenvalue weighted by molar-refractivity contribution is 0.0674. The number of methoxy groups -OCH3 is 1. The molecular formula is C16H24IN3O2. The third-order valence-corrected chi connectivity index (χ3v) is 4.54. The fourth-order valence-electron chi connectivity index (χ4n) is 2.97. The molecule has 2 fully saturated rings. The SMILES string of the molecule is COc1ccccc1C1(C)CC1N=C(N)N1CCOCC1.I. The van der Waals surface area contributed by atoms with Crippen molar-refractivity contribution in [1.82, 2.24) is 4.90 Å². The molecule has 22 heavy (non-hydrogen) atoms. The maximum absolute atomic E-state index is 6.15. The Hall–Kier alpha value is -1.02. The molecule has 0 radical (unpaired) electrons. The normalized spacial score (nSPS) is 28.0. The van der Waals surface area contributed by atoms with Crippen molar-refractivity contribution >= 4 is 29.9 Å². The molecule has 0 aromatic heterocycles. The number of para-hydroxylation sites is 1. The number of nitrogens with zero attached hydrogens (tertiary/aromatic N) is 2. The van der Waals surface area contributed by atoms with Crippen LogP contribution in [0.4, 0.5) is 0 Å². The van der Waals surface area contributed by atoms with Crippen molar-refractivity contribution < 1.29 is 9.47 Å². The van der Waals surface area contributed by atoms with Crippen LogP contribution in [0.1, 0.15) is 18.9 Å². The second-order valence-corrected chi connectivity index (χ2v) is 5.92. The fraction of sp³-hybridized carbons (Fsp3) is 0.562. The molecule has 1 aromatic carbocycles. The van der Waals surface area contributed by atoms with Crippen LogP contribution in [0.25, 0.3) is 0 Å². The molecule has 0 amide bonds. The molecular weight excluding hydrogens is 393 g/mol. The lowest BCUT2D eigenvalue weighted by atomic mass is 9.96. The summed E-state index contributed by atoms with van der Waals surface area (Å²) in [6, 6.07) is 8.41. The van der Waals surface area contributed by atoms with Crippen molar-refractivity contribution in [3.63, 3.8) is 0 Å². The maximum Gasteiger partial charge on any atom is 0.191 e. The van der Waals surface area contributed by atoms with Crippen molar-refractivity contribution in [2.24, 2.45) is 10.7 Å². The van der Waals surface area contributed by atoms with E-state index in [4.69, 9.17) is 20.2 Å². The van der Waals surface area contributed by atoms with E-state index in [0.29, 0.717) is 5.96 Å². The number of ether oxygens (including phenoxy) is 2. The molecule has 3 rings (SSSR count). The van der Waals surface area contributed by atoms with Crippen LogP contribution in [0, 0.1) is 0 Å².